The quantitative estimate of drug-likeness (QED) is 0.0343. The van der Waals surface area contributed by atoms with Gasteiger partial charge in [0.2, 0.25) is 0 Å². The molecule has 0 bridgehead atoms. The molecule has 0 aliphatic heterocycles. The standard InChI is InChI=1S/C64H124O6/c1-5-8-10-12-14-16-18-20-22-23-24-25-27-31-35-39-43-47-51-55-62(65)68-58-61(70-64(67)57-53-49-45-41-37-33-26-21-19-17-15-13-11-9-6-2)59-69-63(66)56-52-48-44-40-36-32-29-28-30-34-38-42-46-50-54-60(4)7-3/h60-61H,5-59H2,1-4H3/t60?,61-/m0/s1. The molecule has 0 aromatic carbocycles. The van der Waals surface area contributed by atoms with Crippen LogP contribution < -0.4 is 0 Å². The molecule has 2 atom stereocenters. The van der Waals surface area contributed by atoms with Crippen LogP contribution in [0.1, 0.15) is 368 Å². The van der Waals surface area contributed by atoms with E-state index in [4.69, 9.17) is 14.2 Å². The van der Waals surface area contributed by atoms with Crippen LogP contribution in [0.5, 0.6) is 0 Å². The summed E-state index contributed by atoms with van der Waals surface area (Å²) in [4.78, 5) is 38.3. The molecule has 0 saturated heterocycles. The molecule has 0 aliphatic carbocycles. The molecular weight excluding hydrogens is 865 g/mol. The van der Waals surface area contributed by atoms with Gasteiger partial charge in [-0.1, -0.05) is 329 Å². The number of hydrogen-bond donors (Lipinski definition) is 0. The number of ether oxygens (including phenoxy) is 3. The molecule has 1 unspecified atom stereocenters. The third kappa shape index (κ3) is 55.7. The summed E-state index contributed by atoms with van der Waals surface area (Å²) in [6.45, 7) is 9.12. The maximum atomic E-state index is 12.9. The summed E-state index contributed by atoms with van der Waals surface area (Å²) >= 11 is 0. The van der Waals surface area contributed by atoms with Crippen molar-refractivity contribution in [2.75, 3.05) is 13.2 Å². The summed E-state index contributed by atoms with van der Waals surface area (Å²) in [6.07, 6.45) is 65.2. The van der Waals surface area contributed by atoms with E-state index in [1.807, 2.05) is 0 Å². The van der Waals surface area contributed by atoms with E-state index in [0.29, 0.717) is 19.3 Å². The first-order valence-electron chi connectivity index (χ1n) is 31.9. The Labute approximate surface area is 438 Å². The second kappa shape index (κ2) is 58.3. The molecular formula is C64H124O6. The van der Waals surface area contributed by atoms with Crippen LogP contribution >= 0.6 is 0 Å². The van der Waals surface area contributed by atoms with E-state index in [1.54, 1.807) is 0 Å². The Morgan fingerprint density at radius 2 is 0.500 bits per heavy atom. The van der Waals surface area contributed by atoms with Gasteiger partial charge in [-0.15, -0.1) is 0 Å². The van der Waals surface area contributed by atoms with Gasteiger partial charge in [-0.2, -0.15) is 0 Å². The number of esters is 3. The monoisotopic (exact) mass is 989 g/mol. The van der Waals surface area contributed by atoms with Gasteiger partial charge in [0.05, 0.1) is 0 Å². The Bertz CT molecular complexity index is 1060. The van der Waals surface area contributed by atoms with E-state index < -0.39 is 6.10 Å². The molecule has 0 saturated carbocycles. The summed E-state index contributed by atoms with van der Waals surface area (Å²) in [5.74, 6) is 0.0680. The average molecular weight is 990 g/mol. The molecule has 0 rings (SSSR count). The van der Waals surface area contributed by atoms with Gasteiger partial charge >= 0.3 is 17.9 Å². The minimum Gasteiger partial charge on any atom is -0.462 e. The Kier molecular flexibility index (Phi) is 57.0. The van der Waals surface area contributed by atoms with Crippen LogP contribution in [0.2, 0.25) is 0 Å². The van der Waals surface area contributed by atoms with Crippen molar-refractivity contribution in [1.82, 2.24) is 0 Å². The van der Waals surface area contributed by atoms with E-state index in [-0.39, 0.29) is 31.1 Å². The van der Waals surface area contributed by atoms with E-state index in [2.05, 4.69) is 27.7 Å². The lowest BCUT2D eigenvalue weighted by Gasteiger charge is -2.18. The van der Waals surface area contributed by atoms with Gasteiger partial charge in [0, 0.05) is 19.3 Å². The van der Waals surface area contributed by atoms with Crippen molar-refractivity contribution in [2.24, 2.45) is 5.92 Å². The molecule has 0 spiro atoms. The number of carbonyl (C=O) groups excluding carboxylic acids is 3. The topological polar surface area (TPSA) is 78.9 Å². The van der Waals surface area contributed by atoms with Crippen molar-refractivity contribution in [3.63, 3.8) is 0 Å². The van der Waals surface area contributed by atoms with E-state index in [9.17, 15) is 14.4 Å². The molecule has 0 aliphatic rings. The van der Waals surface area contributed by atoms with Crippen molar-refractivity contribution < 1.29 is 28.6 Å². The summed E-state index contributed by atoms with van der Waals surface area (Å²) in [6, 6.07) is 0. The van der Waals surface area contributed by atoms with Gasteiger partial charge in [-0.05, 0) is 25.2 Å². The third-order valence-corrected chi connectivity index (χ3v) is 15.2. The fraction of sp³-hybridized carbons (Fsp3) is 0.953. The van der Waals surface area contributed by atoms with Crippen LogP contribution in [0.4, 0.5) is 0 Å². The molecule has 0 fully saturated rings. The molecule has 416 valence electrons. The first-order valence-corrected chi connectivity index (χ1v) is 31.9. The smallest absolute Gasteiger partial charge is 0.306 e. The second-order valence-electron chi connectivity index (χ2n) is 22.3. The molecule has 0 radical (unpaired) electrons. The third-order valence-electron chi connectivity index (χ3n) is 15.2. The Morgan fingerprint density at radius 1 is 0.286 bits per heavy atom. The highest BCUT2D eigenvalue weighted by atomic mass is 16.6. The molecule has 6 heteroatoms. The Morgan fingerprint density at radius 3 is 0.743 bits per heavy atom. The molecule has 70 heavy (non-hydrogen) atoms. The zero-order chi connectivity index (χ0) is 50.9. The van der Waals surface area contributed by atoms with Crippen molar-refractivity contribution in [3.05, 3.63) is 0 Å². The minimum atomic E-state index is -0.763. The fourth-order valence-electron chi connectivity index (χ4n) is 9.95. The Hall–Kier alpha value is -1.59. The van der Waals surface area contributed by atoms with Gasteiger partial charge in [0.1, 0.15) is 13.2 Å². The zero-order valence-electron chi connectivity index (χ0n) is 48.0. The molecule has 0 heterocycles. The van der Waals surface area contributed by atoms with Crippen LogP contribution in [0.25, 0.3) is 0 Å². The molecule has 0 aromatic rings. The van der Waals surface area contributed by atoms with Gasteiger partial charge in [0.15, 0.2) is 6.10 Å². The van der Waals surface area contributed by atoms with Crippen molar-refractivity contribution in [2.45, 2.75) is 374 Å². The molecule has 0 aromatic heterocycles. The van der Waals surface area contributed by atoms with Crippen molar-refractivity contribution in [1.29, 1.82) is 0 Å². The lowest BCUT2D eigenvalue weighted by molar-refractivity contribution is -0.167. The highest BCUT2D eigenvalue weighted by molar-refractivity contribution is 5.71. The van der Waals surface area contributed by atoms with E-state index >= 15 is 0 Å². The normalized spacial score (nSPS) is 12.3. The maximum absolute atomic E-state index is 12.9. The van der Waals surface area contributed by atoms with Crippen LogP contribution in [-0.2, 0) is 28.6 Å². The highest BCUT2D eigenvalue weighted by Gasteiger charge is 2.19. The summed E-state index contributed by atoms with van der Waals surface area (Å²) in [7, 11) is 0. The largest absolute Gasteiger partial charge is 0.462 e. The van der Waals surface area contributed by atoms with Crippen LogP contribution in [0, 0.1) is 5.92 Å². The lowest BCUT2D eigenvalue weighted by Crippen LogP contribution is -2.30. The predicted molar refractivity (Wildman–Crippen MR) is 303 cm³/mol. The van der Waals surface area contributed by atoms with Gasteiger partial charge in [-0.3, -0.25) is 14.4 Å². The summed E-state index contributed by atoms with van der Waals surface area (Å²) in [5.41, 5.74) is 0. The zero-order valence-corrected chi connectivity index (χ0v) is 48.0. The molecule has 6 nitrogen and oxygen atoms in total. The van der Waals surface area contributed by atoms with Gasteiger partial charge in [0.25, 0.3) is 0 Å². The van der Waals surface area contributed by atoms with Crippen molar-refractivity contribution in [3.8, 4) is 0 Å². The number of unbranched alkanes of at least 4 members (excludes halogenated alkanes) is 45. The van der Waals surface area contributed by atoms with Crippen molar-refractivity contribution >= 4 is 17.9 Å². The van der Waals surface area contributed by atoms with E-state index in [1.165, 1.54) is 263 Å². The average Bonchev–Trinajstić information content (AvgIpc) is 3.36. The minimum absolute atomic E-state index is 0.0612. The van der Waals surface area contributed by atoms with Gasteiger partial charge in [-0.25, -0.2) is 0 Å². The fourth-order valence-corrected chi connectivity index (χ4v) is 9.95. The van der Waals surface area contributed by atoms with E-state index in [0.717, 1.165) is 63.7 Å². The lowest BCUT2D eigenvalue weighted by atomic mass is 9.99. The molecule has 0 N–H and O–H groups in total. The number of rotatable bonds is 59. The Balaban J connectivity index is 4.27. The highest BCUT2D eigenvalue weighted by Crippen LogP contribution is 2.19. The number of carbonyl (C=O) groups is 3. The first-order chi connectivity index (χ1) is 34.4. The number of hydrogen-bond acceptors (Lipinski definition) is 6. The first kappa shape index (κ1) is 68.4. The van der Waals surface area contributed by atoms with Crippen LogP contribution in [0.3, 0.4) is 0 Å². The van der Waals surface area contributed by atoms with Crippen LogP contribution in [-0.4, -0.2) is 37.2 Å². The summed E-state index contributed by atoms with van der Waals surface area (Å²) < 4.78 is 17.0. The maximum Gasteiger partial charge on any atom is 0.306 e. The second-order valence-corrected chi connectivity index (χ2v) is 22.3. The SMILES string of the molecule is CCCCCCCCCCCCCCCCCCCCCC(=O)OC[C@@H](COC(=O)CCCCCCCCCCCCCCCCC(C)CC)OC(=O)CCCCCCCCCCCCCCCCC. The summed E-state index contributed by atoms with van der Waals surface area (Å²) in [5, 5.41) is 0. The molecule has 0 amide bonds. The predicted octanol–water partition coefficient (Wildman–Crippen LogP) is 21.4. The van der Waals surface area contributed by atoms with Gasteiger partial charge < -0.3 is 14.2 Å². The van der Waals surface area contributed by atoms with Crippen LogP contribution in [0.15, 0.2) is 0 Å².